The van der Waals surface area contributed by atoms with Gasteiger partial charge in [-0.3, -0.25) is 14.6 Å². The zero-order valence-electron chi connectivity index (χ0n) is 12.8. The maximum absolute atomic E-state index is 11.8. The van der Waals surface area contributed by atoms with Gasteiger partial charge in [-0.05, 0) is 20.4 Å². The van der Waals surface area contributed by atoms with Crippen molar-refractivity contribution in [2.24, 2.45) is 0 Å². The minimum atomic E-state index is -0.0698. The van der Waals surface area contributed by atoms with Crippen molar-refractivity contribution in [1.82, 2.24) is 19.9 Å². The average molecular weight is 294 g/mol. The Morgan fingerprint density at radius 2 is 2.29 bits per heavy atom. The van der Waals surface area contributed by atoms with Crippen LogP contribution in [0.1, 0.15) is 31.5 Å². The largest absolute Gasteiger partial charge is 0.461 e. The number of cyclic esters (lactones) is 1. The van der Waals surface area contributed by atoms with E-state index in [9.17, 15) is 4.79 Å². The summed E-state index contributed by atoms with van der Waals surface area (Å²) in [5.41, 5.74) is 0. The molecule has 0 radical (unpaired) electrons. The molecule has 3 heterocycles. The number of ether oxygens (including phenoxy) is 1. The minimum Gasteiger partial charge on any atom is -0.461 e. The van der Waals surface area contributed by atoms with Crippen LogP contribution in [0.3, 0.4) is 0 Å². The van der Waals surface area contributed by atoms with Gasteiger partial charge in [0.1, 0.15) is 12.1 Å². The molecule has 2 fully saturated rings. The number of likely N-dealkylation sites (N-methyl/N-ethyl adjacent to an activating group) is 1. The van der Waals surface area contributed by atoms with Crippen LogP contribution in [-0.4, -0.2) is 64.2 Å². The van der Waals surface area contributed by atoms with Crippen LogP contribution < -0.4 is 0 Å². The van der Waals surface area contributed by atoms with Crippen LogP contribution in [0.15, 0.2) is 4.52 Å². The summed E-state index contributed by atoms with van der Waals surface area (Å²) >= 11 is 0. The van der Waals surface area contributed by atoms with Gasteiger partial charge in [-0.2, -0.15) is 4.98 Å². The van der Waals surface area contributed by atoms with Crippen molar-refractivity contribution >= 4 is 5.97 Å². The summed E-state index contributed by atoms with van der Waals surface area (Å²) in [7, 11) is 2.06. The van der Waals surface area contributed by atoms with Gasteiger partial charge in [0.25, 0.3) is 0 Å². The Bertz CT molecular complexity index is 518. The Labute approximate surface area is 124 Å². The molecule has 0 N–H and O–H groups in total. The van der Waals surface area contributed by atoms with Gasteiger partial charge in [-0.15, -0.1) is 0 Å². The molecule has 116 valence electrons. The molecule has 1 aromatic heterocycles. The van der Waals surface area contributed by atoms with Crippen LogP contribution in [0.4, 0.5) is 0 Å². The Morgan fingerprint density at radius 3 is 2.90 bits per heavy atom. The molecule has 1 aromatic rings. The summed E-state index contributed by atoms with van der Waals surface area (Å²) in [5, 5.41) is 3.93. The monoisotopic (exact) mass is 294 g/mol. The van der Waals surface area contributed by atoms with E-state index in [1.54, 1.807) is 6.92 Å². The summed E-state index contributed by atoms with van der Waals surface area (Å²) in [5.74, 6) is 1.23. The third-order valence-electron chi connectivity index (χ3n) is 4.36. The zero-order chi connectivity index (χ0) is 15.0. The van der Waals surface area contributed by atoms with Gasteiger partial charge in [0, 0.05) is 32.5 Å². The number of carbonyl (C=O) groups excluding carboxylic acids is 1. The highest BCUT2D eigenvalue weighted by molar-refractivity contribution is 5.78. The number of rotatable bonds is 4. The van der Waals surface area contributed by atoms with E-state index in [0.717, 1.165) is 25.9 Å². The zero-order valence-corrected chi connectivity index (χ0v) is 12.8. The second kappa shape index (κ2) is 5.73. The molecule has 0 aliphatic carbocycles. The average Bonchev–Trinajstić information content (AvgIpc) is 3.10. The van der Waals surface area contributed by atoms with Crippen molar-refractivity contribution in [3.8, 4) is 0 Å². The van der Waals surface area contributed by atoms with E-state index in [1.165, 1.54) is 0 Å². The highest BCUT2D eigenvalue weighted by Crippen LogP contribution is 2.25. The highest BCUT2D eigenvalue weighted by Gasteiger charge is 2.40. The standard InChI is InChI=1S/C14H22N4O3/c1-9-6-12(14(19)20-9)18-5-4-11(7-18)17(3)8-13-15-10(2)21-16-13/h9,11-12H,4-8H2,1-3H3/t9-,11-,12+/m1/s1. The number of aromatic nitrogens is 2. The third-order valence-corrected chi connectivity index (χ3v) is 4.36. The number of likely N-dealkylation sites (tertiary alicyclic amines) is 1. The Morgan fingerprint density at radius 1 is 1.48 bits per heavy atom. The summed E-state index contributed by atoms with van der Waals surface area (Å²) in [6.45, 7) is 6.24. The fourth-order valence-electron chi connectivity index (χ4n) is 3.20. The SMILES string of the molecule is Cc1nc(CN(C)[C@@H]2CCN([C@H]3C[C@@H](C)OC3=O)C2)no1. The van der Waals surface area contributed by atoms with Gasteiger partial charge in [-0.1, -0.05) is 5.16 Å². The van der Waals surface area contributed by atoms with Crippen LogP contribution in [0, 0.1) is 6.92 Å². The van der Waals surface area contributed by atoms with Crippen LogP contribution in [0.25, 0.3) is 0 Å². The Kier molecular flexibility index (Phi) is 3.95. The summed E-state index contributed by atoms with van der Waals surface area (Å²) in [4.78, 5) is 20.5. The van der Waals surface area contributed by atoms with Gasteiger partial charge in [0.15, 0.2) is 5.82 Å². The summed E-state index contributed by atoms with van der Waals surface area (Å²) in [6.07, 6.45) is 1.90. The first-order valence-electron chi connectivity index (χ1n) is 7.47. The number of carbonyl (C=O) groups is 1. The molecule has 7 nitrogen and oxygen atoms in total. The molecule has 0 saturated carbocycles. The molecule has 2 saturated heterocycles. The maximum Gasteiger partial charge on any atom is 0.323 e. The van der Waals surface area contributed by atoms with Crippen LogP contribution in [0.2, 0.25) is 0 Å². The lowest BCUT2D eigenvalue weighted by molar-refractivity contribution is -0.144. The lowest BCUT2D eigenvalue weighted by atomic mass is 10.1. The molecule has 0 bridgehead atoms. The lowest BCUT2D eigenvalue weighted by Gasteiger charge is -2.24. The van der Waals surface area contributed by atoms with Gasteiger partial charge >= 0.3 is 5.97 Å². The summed E-state index contributed by atoms with van der Waals surface area (Å²) < 4.78 is 10.3. The number of nitrogens with zero attached hydrogens (tertiary/aromatic N) is 4. The second-order valence-electron chi connectivity index (χ2n) is 6.08. The number of esters is 1. The van der Waals surface area contributed by atoms with Gasteiger partial charge < -0.3 is 9.26 Å². The Hall–Kier alpha value is -1.47. The van der Waals surface area contributed by atoms with Crippen molar-refractivity contribution in [2.45, 2.75) is 51.4 Å². The van der Waals surface area contributed by atoms with Crippen molar-refractivity contribution < 1.29 is 14.1 Å². The molecule has 0 unspecified atom stereocenters. The fourth-order valence-corrected chi connectivity index (χ4v) is 3.20. The first-order chi connectivity index (χ1) is 10.0. The molecular weight excluding hydrogens is 272 g/mol. The van der Waals surface area contributed by atoms with Crippen LogP contribution in [-0.2, 0) is 16.1 Å². The molecule has 7 heteroatoms. The van der Waals surface area contributed by atoms with Crippen molar-refractivity contribution in [2.75, 3.05) is 20.1 Å². The van der Waals surface area contributed by atoms with Crippen molar-refractivity contribution in [3.63, 3.8) is 0 Å². The first kappa shape index (κ1) is 14.5. The first-order valence-corrected chi connectivity index (χ1v) is 7.47. The molecule has 0 aromatic carbocycles. The number of hydrogen-bond acceptors (Lipinski definition) is 7. The van der Waals surface area contributed by atoms with E-state index < -0.39 is 0 Å². The van der Waals surface area contributed by atoms with Crippen LogP contribution >= 0.6 is 0 Å². The van der Waals surface area contributed by atoms with E-state index in [1.807, 2.05) is 6.92 Å². The number of aryl methyl sites for hydroxylation is 1. The number of hydrogen-bond donors (Lipinski definition) is 0. The van der Waals surface area contributed by atoms with Gasteiger partial charge in [0.05, 0.1) is 6.54 Å². The predicted molar refractivity (Wildman–Crippen MR) is 74.4 cm³/mol. The predicted octanol–water partition coefficient (Wildman–Crippen LogP) is 0.588. The van der Waals surface area contributed by atoms with E-state index in [4.69, 9.17) is 9.26 Å². The lowest BCUT2D eigenvalue weighted by Crippen LogP contribution is -2.40. The van der Waals surface area contributed by atoms with E-state index in [0.29, 0.717) is 24.3 Å². The van der Waals surface area contributed by atoms with Gasteiger partial charge in [0.2, 0.25) is 5.89 Å². The molecule has 2 aliphatic rings. The molecule has 3 rings (SSSR count). The van der Waals surface area contributed by atoms with Crippen molar-refractivity contribution in [3.05, 3.63) is 11.7 Å². The van der Waals surface area contributed by atoms with Crippen molar-refractivity contribution in [1.29, 1.82) is 0 Å². The maximum atomic E-state index is 11.8. The molecule has 0 amide bonds. The quantitative estimate of drug-likeness (QED) is 0.752. The summed E-state index contributed by atoms with van der Waals surface area (Å²) in [6, 6.07) is 0.346. The molecule has 3 atom stereocenters. The smallest absolute Gasteiger partial charge is 0.323 e. The molecule has 2 aliphatic heterocycles. The Balaban J connectivity index is 1.55. The van der Waals surface area contributed by atoms with Crippen LogP contribution in [0.5, 0.6) is 0 Å². The minimum absolute atomic E-state index is 0.0431. The fraction of sp³-hybridized carbons (Fsp3) is 0.786. The third kappa shape index (κ3) is 3.08. The van der Waals surface area contributed by atoms with E-state index in [2.05, 4.69) is 27.0 Å². The molecule has 0 spiro atoms. The topological polar surface area (TPSA) is 71.7 Å². The molecule has 21 heavy (non-hydrogen) atoms. The second-order valence-corrected chi connectivity index (χ2v) is 6.08. The van der Waals surface area contributed by atoms with Gasteiger partial charge in [-0.25, -0.2) is 0 Å². The normalized spacial score (nSPS) is 30.3. The molecular formula is C14H22N4O3. The van der Waals surface area contributed by atoms with E-state index in [-0.39, 0.29) is 18.1 Å². The highest BCUT2D eigenvalue weighted by atomic mass is 16.6. The van der Waals surface area contributed by atoms with E-state index >= 15 is 0 Å².